The van der Waals surface area contributed by atoms with Gasteiger partial charge in [-0.2, -0.15) is 0 Å². The zero-order valence-corrected chi connectivity index (χ0v) is 20.6. The first-order chi connectivity index (χ1) is 16.1. The predicted octanol–water partition coefficient (Wildman–Crippen LogP) is 5.73. The summed E-state index contributed by atoms with van der Waals surface area (Å²) < 4.78 is 3.57. The average Bonchev–Trinajstić information content (AvgIpc) is 3.14. The van der Waals surface area contributed by atoms with Crippen molar-refractivity contribution in [1.29, 1.82) is 0 Å². The molecule has 0 amide bonds. The number of nitrogens with zero attached hydrogens (tertiary/aromatic N) is 2. The number of rotatable bonds is 2. The minimum Gasteiger partial charge on any atom is -0.272 e. The van der Waals surface area contributed by atoms with Crippen LogP contribution in [0.1, 0.15) is 34.7 Å². The normalized spacial score (nSPS) is 17.3. The quantitative estimate of drug-likeness (QED) is 0.324. The van der Waals surface area contributed by atoms with Crippen molar-refractivity contribution in [2.45, 2.75) is 18.9 Å². The van der Waals surface area contributed by atoms with Gasteiger partial charge in [-0.1, -0.05) is 87.4 Å². The second-order valence-corrected chi connectivity index (χ2v) is 10.6. The van der Waals surface area contributed by atoms with Gasteiger partial charge >= 0.3 is 0 Å². The highest BCUT2D eigenvalue weighted by Gasteiger charge is 2.32. The highest BCUT2D eigenvalue weighted by atomic mass is 79.9. The summed E-state index contributed by atoms with van der Waals surface area (Å²) >= 11 is 11.0. The summed E-state index contributed by atoms with van der Waals surface area (Å²) in [5.74, 6) is 0. The maximum Gasteiger partial charge on any atom is 0.271 e. The number of aryl methyl sites for hydroxylation is 1. The Morgan fingerprint density at radius 3 is 2.55 bits per heavy atom. The third-order valence-corrected chi connectivity index (χ3v) is 7.99. The molecular weight excluding hydrogens is 516 g/mol. The number of thiazole rings is 1. The minimum atomic E-state index is -0.162. The van der Waals surface area contributed by atoms with Gasteiger partial charge in [0.25, 0.3) is 5.56 Å². The number of allylic oxidation sites excluding steroid dienone is 1. The smallest absolute Gasteiger partial charge is 0.271 e. The molecule has 0 bridgehead atoms. The van der Waals surface area contributed by atoms with E-state index in [1.807, 2.05) is 47.0 Å². The number of hydrogen-bond acceptors (Lipinski definition) is 3. The zero-order valence-electron chi connectivity index (χ0n) is 17.5. The third kappa shape index (κ3) is 3.65. The van der Waals surface area contributed by atoms with E-state index in [1.54, 1.807) is 0 Å². The molecule has 6 rings (SSSR count). The maximum atomic E-state index is 13.7. The van der Waals surface area contributed by atoms with Crippen molar-refractivity contribution in [3.63, 3.8) is 0 Å². The molecular formula is C27H18BrClN2OS. The fourth-order valence-corrected chi connectivity index (χ4v) is 6.07. The first kappa shape index (κ1) is 20.8. The van der Waals surface area contributed by atoms with E-state index in [0.29, 0.717) is 9.55 Å². The zero-order chi connectivity index (χ0) is 22.5. The average molecular weight is 534 g/mol. The Labute approximate surface area is 208 Å². The number of aromatic nitrogens is 1. The fourth-order valence-electron chi connectivity index (χ4n) is 4.68. The van der Waals surface area contributed by atoms with E-state index < -0.39 is 0 Å². The van der Waals surface area contributed by atoms with Crippen LogP contribution in [-0.2, 0) is 6.42 Å². The van der Waals surface area contributed by atoms with Crippen LogP contribution in [0.2, 0.25) is 5.02 Å². The highest BCUT2D eigenvalue weighted by molar-refractivity contribution is 9.10. The van der Waals surface area contributed by atoms with Crippen LogP contribution in [0.25, 0.3) is 11.8 Å². The van der Waals surface area contributed by atoms with Gasteiger partial charge in [-0.3, -0.25) is 9.36 Å². The Kier molecular flexibility index (Phi) is 5.21. The van der Waals surface area contributed by atoms with Gasteiger partial charge in [-0.05, 0) is 65.4 Å². The lowest BCUT2D eigenvalue weighted by molar-refractivity contribution is 0.585. The first-order valence-electron chi connectivity index (χ1n) is 10.7. The van der Waals surface area contributed by atoms with Crippen LogP contribution in [0, 0.1) is 0 Å². The highest BCUT2D eigenvalue weighted by Crippen LogP contribution is 2.41. The molecule has 2 heterocycles. The molecule has 1 aliphatic heterocycles. The number of hydrogen-bond donors (Lipinski definition) is 0. The molecule has 1 atom stereocenters. The van der Waals surface area contributed by atoms with Crippen molar-refractivity contribution >= 4 is 50.6 Å². The molecule has 0 N–H and O–H groups in total. The Bertz CT molecular complexity index is 1600. The van der Waals surface area contributed by atoms with E-state index in [-0.39, 0.29) is 11.6 Å². The third-order valence-electron chi connectivity index (χ3n) is 6.23. The maximum absolute atomic E-state index is 13.7. The molecule has 4 aromatic rings. The molecule has 1 aromatic heterocycles. The van der Waals surface area contributed by atoms with E-state index in [2.05, 4.69) is 52.3 Å². The van der Waals surface area contributed by atoms with Crippen LogP contribution in [0.15, 0.2) is 92.6 Å². The standard InChI is InChI=1S/C27H18BrClN2OS/c28-19-10-7-18(8-11-19)25-22-14-9-17-3-1-2-4-21(17)24(22)30-27-31(25)26(32)23(33-27)15-16-5-12-20(29)13-6-16/h1-8,10-13,15,25H,9,14H2/b23-15+/t25-/m1/s1. The summed E-state index contributed by atoms with van der Waals surface area (Å²) in [5, 5.41) is 0.676. The van der Waals surface area contributed by atoms with Gasteiger partial charge < -0.3 is 0 Å². The van der Waals surface area contributed by atoms with E-state index in [0.717, 1.165) is 38.9 Å². The Balaban J connectivity index is 1.62. The van der Waals surface area contributed by atoms with E-state index in [1.165, 1.54) is 28.0 Å². The van der Waals surface area contributed by atoms with Crippen LogP contribution in [-0.4, -0.2) is 4.57 Å². The molecule has 0 saturated carbocycles. The molecule has 6 heteroatoms. The first-order valence-corrected chi connectivity index (χ1v) is 12.7. The second kappa shape index (κ2) is 8.24. The summed E-state index contributed by atoms with van der Waals surface area (Å²) in [7, 11) is 0. The molecule has 3 nitrogen and oxygen atoms in total. The van der Waals surface area contributed by atoms with Gasteiger partial charge in [0.05, 0.1) is 16.3 Å². The lowest BCUT2D eigenvalue weighted by atomic mass is 9.83. The van der Waals surface area contributed by atoms with Crippen molar-refractivity contribution in [3.05, 3.63) is 130 Å². The van der Waals surface area contributed by atoms with E-state index in [4.69, 9.17) is 16.6 Å². The van der Waals surface area contributed by atoms with Gasteiger partial charge in [-0.15, -0.1) is 0 Å². The van der Waals surface area contributed by atoms with Gasteiger partial charge in [0, 0.05) is 15.1 Å². The summed E-state index contributed by atoms with van der Waals surface area (Å²) in [6.07, 6.45) is 3.76. The Morgan fingerprint density at radius 1 is 1.00 bits per heavy atom. The lowest BCUT2D eigenvalue weighted by Gasteiger charge is -2.30. The monoisotopic (exact) mass is 532 g/mol. The number of benzene rings is 3. The summed E-state index contributed by atoms with van der Waals surface area (Å²) in [6, 6.07) is 24.1. The molecule has 2 aliphatic rings. The van der Waals surface area contributed by atoms with Crippen LogP contribution < -0.4 is 14.9 Å². The molecule has 3 aromatic carbocycles. The molecule has 0 unspecified atom stereocenters. The van der Waals surface area contributed by atoms with Gasteiger partial charge in [0.1, 0.15) is 0 Å². The Morgan fingerprint density at radius 2 is 1.76 bits per heavy atom. The molecule has 0 spiro atoms. The van der Waals surface area contributed by atoms with Crippen LogP contribution in [0.4, 0.5) is 0 Å². The second-order valence-electron chi connectivity index (χ2n) is 8.22. The van der Waals surface area contributed by atoms with Crippen LogP contribution in [0.5, 0.6) is 0 Å². The van der Waals surface area contributed by atoms with Gasteiger partial charge in [0.15, 0.2) is 4.80 Å². The van der Waals surface area contributed by atoms with Crippen molar-refractivity contribution in [1.82, 2.24) is 4.57 Å². The molecule has 33 heavy (non-hydrogen) atoms. The van der Waals surface area contributed by atoms with Gasteiger partial charge in [-0.25, -0.2) is 4.99 Å². The van der Waals surface area contributed by atoms with Crippen molar-refractivity contribution in [3.8, 4) is 0 Å². The summed E-state index contributed by atoms with van der Waals surface area (Å²) in [6.45, 7) is 0. The largest absolute Gasteiger partial charge is 0.272 e. The minimum absolute atomic E-state index is 0.00738. The van der Waals surface area contributed by atoms with Crippen molar-refractivity contribution in [2.24, 2.45) is 4.99 Å². The molecule has 0 saturated heterocycles. The Hall–Kier alpha value is -2.73. The number of fused-ring (bicyclic) bond motifs is 3. The predicted molar refractivity (Wildman–Crippen MR) is 138 cm³/mol. The molecule has 0 radical (unpaired) electrons. The van der Waals surface area contributed by atoms with Crippen molar-refractivity contribution < 1.29 is 0 Å². The van der Waals surface area contributed by atoms with Crippen LogP contribution in [0.3, 0.4) is 0 Å². The van der Waals surface area contributed by atoms with Crippen LogP contribution >= 0.6 is 38.9 Å². The molecule has 1 aliphatic carbocycles. The molecule has 162 valence electrons. The topological polar surface area (TPSA) is 34.4 Å². The summed E-state index contributed by atoms with van der Waals surface area (Å²) in [5.41, 5.74) is 6.75. The SMILES string of the molecule is O=c1/c(=C\c2ccc(Cl)cc2)sc2n1[C@H](c1ccc(Br)cc1)C1=C(N=2)c2ccccc2CC1. The van der Waals surface area contributed by atoms with Crippen molar-refractivity contribution in [2.75, 3.05) is 0 Å². The molecule has 0 fully saturated rings. The number of halogens is 2. The van der Waals surface area contributed by atoms with E-state index >= 15 is 0 Å². The summed E-state index contributed by atoms with van der Waals surface area (Å²) in [4.78, 5) is 19.5. The van der Waals surface area contributed by atoms with E-state index in [9.17, 15) is 4.79 Å². The lowest BCUT2D eigenvalue weighted by Crippen LogP contribution is -2.38. The fraction of sp³-hybridized carbons (Fsp3) is 0.111. The van der Waals surface area contributed by atoms with Gasteiger partial charge in [0.2, 0.25) is 0 Å².